The van der Waals surface area contributed by atoms with Crippen LogP contribution >= 0.6 is 11.8 Å². The number of para-hydroxylation sites is 1. The van der Waals surface area contributed by atoms with Crippen LogP contribution in [0.15, 0.2) is 41.6 Å². The highest BCUT2D eigenvalue weighted by atomic mass is 32.2. The van der Waals surface area contributed by atoms with E-state index in [1.54, 1.807) is 13.0 Å². The molecule has 0 fully saturated rings. The highest BCUT2D eigenvalue weighted by Crippen LogP contribution is 2.45. The molecule has 1 aliphatic heterocycles. The van der Waals surface area contributed by atoms with E-state index in [4.69, 9.17) is 9.47 Å². The van der Waals surface area contributed by atoms with Gasteiger partial charge in [0.1, 0.15) is 0 Å². The lowest BCUT2D eigenvalue weighted by atomic mass is 10.1. The molecular weight excluding hydrogens is 410 g/mol. The summed E-state index contributed by atoms with van der Waals surface area (Å²) in [6.45, 7) is 1.83. The van der Waals surface area contributed by atoms with Crippen LogP contribution in [0.3, 0.4) is 0 Å². The average Bonchev–Trinajstić information content (AvgIpc) is 2.91. The molecular formula is C19H17N5O5S. The molecule has 2 N–H and O–H groups in total. The van der Waals surface area contributed by atoms with Crippen molar-refractivity contribution < 1.29 is 19.5 Å². The average molecular weight is 427 g/mol. The Morgan fingerprint density at radius 1 is 1.30 bits per heavy atom. The fraction of sp³-hybridized carbons (Fsp3) is 0.211. The van der Waals surface area contributed by atoms with Gasteiger partial charge in [0.2, 0.25) is 23.0 Å². The smallest absolute Gasteiger partial charge is 0.323 e. The summed E-state index contributed by atoms with van der Waals surface area (Å²) in [6.07, 6.45) is 0.821. The number of nitro benzene ring substituents is 1. The lowest BCUT2D eigenvalue weighted by Gasteiger charge is -2.20. The third kappa shape index (κ3) is 3.43. The van der Waals surface area contributed by atoms with Gasteiger partial charge in [0.15, 0.2) is 11.4 Å². The Morgan fingerprint density at radius 2 is 2.10 bits per heavy atom. The molecule has 0 aliphatic carbocycles. The van der Waals surface area contributed by atoms with Crippen LogP contribution in [0.5, 0.6) is 17.4 Å². The van der Waals surface area contributed by atoms with Crippen LogP contribution < -0.4 is 14.8 Å². The van der Waals surface area contributed by atoms with Gasteiger partial charge in [-0.1, -0.05) is 30.0 Å². The van der Waals surface area contributed by atoms with Crippen LogP contribution in [0.4, 0.5) is 11.4 Å². The summed E-state index contributed by atoms with van der Waals surface area (Å²) in [5.74, 6) is -0.346. The highest BCUT2D eigenvalue weighted by Gasteiger charge is 2.34. The standard InChI is InChI=1S/C19H17N5O5S/c1-3-28-16-13(25)9-8-11(15(16)24(26)27)17-20-12-7-5-4-6-10(12)14-18(29-17)21-19(30-2)23-22-14/h4-9,17,20,25H,3H2,1-2H3/t17-/m0/s1. The summed E-state index contributed by atoms with van der Waals surface area (Å²) in [7, 11) is 0. The maximum Gasteiger partial charge on any atom is 0.323 e. The summed E-state index contributed by atoms with van der Waals surface area (Å²) in [5, 5.41) is 33.9. The molecule has 0 amide bonds. The van der Waals surface area contributed by atoms with Crippen molar-refractivity contribution in [3.63, 3.8) is 0 Å². The number of phenols is 1. The van der Waals surface area contributed by atoms with E-state index >= 15 is 0 Å². The number of hydrogen-bond donors (Lipinski definition) is 2. The number of anilines is 1. The Labute approximate surface area is 175 Å². The topological polar surface area (TPSA) is 133 Å². The fourth-order valence-electron chi connectivity index (χ4n) is 3.14. The zero-order valence-electron chi connectivity index (χ0n) is 16.0. The molecule has 2 heterocycles. The second-order valence-corrected chi connectivity index (χ2v) is 6.96. The first-order chi connectivity index (χ1) is 14.5. The van der Waals surface area contributed by atoms with Crippen LogP contribution in [0.1, 0.15) is 18.7 Å². The lowest BCUT2D eigenvalue weighted by molar-refractivity contribution is -0.387. The van der Waals surface area contributed by atoms with Gasteiger partial charge >= 0.3 is 5.69 Å². The second kappa shape index (κ2) is 8.03. The lowest BCUT2D eigenvalue weighted by Crippen LogP contribution is -2.19. The van der Waals surface area contributed by atoms with Gasteiger partial charge in [-0.25, -0.2) is 0 Å². The van der Waals surface area contributed by atoms with Crippen LogP contribution in [0.2, 0.25) is 0 Å². The van der Waals surface area contributed by atoms with Crippen molar-refractivity contribution >= 4 is 23.1 Å². The predicted molar refractivity (Wildman–Crippen MR) is 110 cm³/mol. The van der Waals surface area contributed by atoms with Crippen molar-refractivity contribution in [2.75, 3.05) is 18.2 Å². The Kier molecular flexibility index (Phi) is 5.27. The number of ether oxygens (including phenoxy) is 2. The second-order valence-electron chi connectivity index (χ2n) is 6.18. The van der Waals surface area contributed by atoms with E-state index in [1.807, 2.05) is 24.5 Å². The van der Waals surface area contributed by atoms with Gasteiger partial charge < -0.3 is 19.9 Å². The molecule has 1 aliphatic rings. The van der Waals surface area contributed by atoms with E-state index in [0.29, 0.717) is 22.1 Å². The molecule has 11 heteroatoms. The van der Waals surface area contributed by atoms with Gasteiger partial charge in [-0.15, -0.1) is 10.2 Å². The van der Waals surface area contributed by atoms with E-state index in [0.717, 1.165) is 0 Å². The summed E-state index contributed by atoms with van der Waals surface area (Å²) in [4.78, 5) is 15.7. The van der Waals surface area contributed by atoms with Gasteiger partial charge in [-0.3, -0.25) is 10.1 Å². The molecule has 0 bridgehead atoms. The molecule has 30 heavy (non-hydrogen) atoms. The number of benzene rings is 2. The molecule has 0 unspecified atom stereocenters. The molecule has 0 saturated heterocycles. The summed E-state index contributed by atoms with van der Waals surface area (Å²) < 4.78 is 11.4. The number of nitrogens with zero attached hydrogens (tertiary/aromatic N) is 4. The van der Waals surface area contributed by atoms with Gasteiger partial charge in [0.25, 0.3) is 0 Å². The minimum absolute atomic E-state index is 0.150. The number of thioether (sulfide) groups is 1. The molecule has 1 aromatic heterocycles. The third-order valence-corrected chi connectivity index (χ3v) is 4.95. The normalized spacial score (nSPS) is 14.5. The quantitative estimate of drug-likeness (QED) is 0.352. The number of nitro groups is 1. The number of rotatable bonds is 5. The summed E-state index contributed by atoms with van der Waals surface area (Å²) in [6, 6.07) is 10.1. The SMILES string of the molecule is CCOc1c(O)ccc([C@H]2Nc3ccccc3-c3nnc(SC)nc3O2)c1[N+](=O)[O-]. The van der Waals surface area contributed by atoms with Gasteiger partial charge in [-0.2, -0.15) is 4.98 Å². The van der Waals surface area contributed by atoms with Crippen molar-refractivity contribution in [3.05, 3.63) is 52.1 Å². The third-order valence-electron chi connectivity index (χ3n) is 4.41. The molecule has 3 aromatic rings. The Morgan fingerprint density at radius 3 is 2.83 bits per heavy atom. The highest BCUT2D eigenvalue weighted by molar-refractivity contribution is 7.98. The molecule has 2 aromatic carbocycles. The monoisotopic (exact) mass is 427 g/mol. The zero-order chi connectivity index (χ0) is 21.3. The Bertz CT molecular complexity index is 1130. The number of nitrogens with one attached hydrogen (secondary N) is 1. The maximum absolute atomic E-state index is 11.9. The molecule has 1 atom stereocenters. The maximum atomic E-state index is 11.9. The fourth-order valence-corrected chi connectivity index (χ4v) is 3.43. The van der Waals surface area contributed by atoms with Gasteiger partial charge in [0, 0.05) is 11.3 Å². The summed E-state index contributed by atoms with van der Waals surface area (Å²) >= 11 is 1.30. The van der Waals surface area contributed by atoms with Crippen molar-refractivity contribution in [1.29, 1.82) is 0 Å². The van der Waals surface area contributed by atoms with E-state index in [-0.39, 0.29) is 35.2 Å². The Balaban J connectivity index is 1.91. The van der Waals surface area contributed by atoms with E-state index in [2.05, 4.69) is 20.5 Å². The number of hydrogen-bond acceptors (Lipinski definition) is 10. The first-order valence-electron chi connectivity index (χ1n) is 8.97. The van der Waals surface area contributed by atoms with Crippen molar-refractivity contribution in [2.24, 2.45) is 0 Å². The molecule has 0 spiro atoms. The van der Waals surface area contributed by atoms with E-state index < -0.39 is 11.2 Å². The minimum atomic E-state index is -0.987. The van der Waals surface area contributed by atoms with Crippen molar-refractivity contribution in [1.82, 2.24) is 15.2 Å². The van der Waals surface area contributed by atoms with Gasteiger partial charge in [-0.05, 0) is 31.4 Å². The van der Waals surface area contributed by atoms with Crippen LogP contribution in [0.25, 0.3) is 11.3 Å². The molecule has 4 rings (SSSR count). The van der Waals surface area contributed by atoms with Crippen molar-refractivity contribution in [2.45, 2.75) is 18.3 Å². The number of fused-ring (bicyclic) bond motifs is 3. The molecule has 154 valence electrons. The van der Waals surface area contributed by atoms with E-state index in [9.17, 15) is 15.2 Å². The largest absolute Gasteiger partial charge is 0.504 e. The number of aromatic hydroxyl groups is 1. The molecule has 0 radical (unpaired) electrons. The van der Waals surface area contributed by atoms with Crippen LogP contribution in [-0.4, -0.2) is 38.1 Å². The van der Waals surface area contributed by atoms with Gasteiger partial charge in [0.05, 0.1) is 17.1 Å². The minimum Gasteiger partial charge on any atom is -0.504 e. The number of aromatic nitrogens is 3. The predicted octanol–water partition coefficient (Wildman–Crippen LogP) is 3.78. The van der Waals surface area contributed by atoms with Crippen LogP contribution in [0, 0.1) is 10.1 Å². The van der Waals surface area contributed by atoms with E-state index in [1.165, 1.54) is 23.9 Å². The zero-order valence-corrected chi connectivity index (χ0v) is 16.8. The first kappa shape index (κ1) is 19.7. The van der Waals surface area contributed by atoms with Crippen LogP contribution in [-0.2, 0) is 0 Å². The number of phenolic OH excluding ortho intramolecular Hbond substituents is 1. The summed E-state index contributed by atoms with van der Waals surface area (Å²) in [5.41, 5.74) is 1.56. The van der Waals surface area contributed by atoms with Crippen molar-refractivity contribution in [3.8, 4) is 28.6 Å². The Hall–Kier alpha value is -3.60. The first-order valence-corrected chi connectivity index (χ1v) is 10.2. The molecule has 0 saturated carbocycles. The molecule has 10 nitrogen and oxygen atoms in total.